The third-order valence-corrected chi connectivity index (χ3v) is 4.12. The van der Waals surface area contributed by atoms with Gasteiger partial charge in [-0.15, -0.1) is 0 Å². The number of hydrogen-bond donors (Lipinski definition) is 0. The molecule has 0 N–H and O–H groups in total. The predicted molar refractivity (Wildman–Crippen MR) is 64.6 cm³/mol. The summed E-state index contributed by atoms with van der Waals surface area (Å²) in [6.07, 6.45) is 9.13. The molecule has 2 aliphatic rings. The Labute approximate surface area is 94.4 Å². The van der Waals surface area contributed by atoms with Crippen LogP contribution in [0.15, 0.2) is 24.3 Å². The molecule has 1 heterocycles. The average Bonchev–Trinajstić information content (AvgIpc) is 2.39. The zero-order chi connectivity index (χ0) is 9.42. The van der Waals surface area contributed by atoms with Crippen LogP contribution in [0.4, 0.5) is 0 Å². The molecule has 1 aliphatic carbocycles. The van der Waals surface area contributed by atoms with Gasteiger partial charge in [-0.2, -0.15) is 0 Å². The molecule has 0 aromatic heterocycles. The van der Waals surface area contributed by atoms with Crippen LogP contribution in [0, 0.1) is 17.8 Å². The molecular formula is C11H16IN. The maximum atomic E-state index is 2.48. The fourth-order valence-electron chi connectivity index (χ4n) is 2.50. The van der Waals surface area contributed by atoms with Crippen LogP contribution >= 0.6 is 22.9 Å². The van der Waals surface area contributed by atoms with Gasteiger partial charge < -0.3 is 0 Å². The Morgan fingerprint density at radius 2 is 2.00 bits per heavy atom. The van der Waals surface area contributed by atoms with Crippen molar-refractivity contribution >= 4 is 22.9 Å². The van der Waals surface area contributed by atoms with Gasteiger partial charge in [-0.05, 0) is 11.8 Å². The summed E-state index contributed by atoms with van der Waals surface area (Å²) in [5.41, 5.74) is 0. The van der Waals surface area contributed by atoms with Gasteiger partial charge in [0, 0.05) is 41.4 Å². The minimum atomic E-state index is 0.729. The molecule has 1 saturated heterocycles. The van der Waals surface area contributed by atoms with Crippen LogP contribution in [0.5, 0.6) is 0 Å². The Hall–Kier alpha value is 0.170. The van der Waals surface area contributed by atoms with Crippen LogP contribution in [-0.2, 0) is 0 Å². The molecule has 2 rings (SSSR count). The molecule has 0 bridgehead atoms. The van der Waals surface area contributed by atoms with Crippen molar-refractivity contribution in [3.05, 3.63) is 24.3 Å². The van der Waals surface area contributed by atoms with E-state index in [9.17, 15) is 0 Å². The first-order valence-electron chi connectivity index (χ1n) is 4.97. The Bertz CT molecular complexity index is 244. The van der Waals surface area contributed by atoms with Gasteiger partial charge in [-0.3, -0.25) is 0 Å². The monoisotopic (exact) mass is 289 g/mol. The molecule has 0 spiro atoms. The standard InChI is InChI=1S/C11H16IN/c1-8(2)11-10-6-4-3-5-9(10)7-13(11)12/h3-6,8-11H,7H2,1-2H3. The van der Waals surface area contributed by atoms with E-state index in [0.29, 0.717) is 0 Å². The summed E-state index contributed by atoms with van der Waals surface area (Å²) in [6, 6.07) is 0.729. The summed E-state index contributed by atoms with van der Waals surface area (Å²) in [4.78, 5) is 0. The quantitative estimate of drug-likeness (QED) is 0.530. The Balaban J connectivity index is 2.20. The van der Waals surface area contributed by atoms with E-state index in [1.54, 1.807) is 0 Å². The molecule has 72 valence electrons. The predicted octanol–water partition coefficient (Wildman–Crippen LogP) is 3.04. The van der Waals surface area contributed by atoms with E-state index in [2.05, 4.69) is 64.1 Å². The first-order valence-corrected chi connectivity index (χ1v) is 5.94. The summed E-state index contributed by atoms with van der Waals surface area (Å²) in [5.74, 6) is 2.26. The number of nitrogens with zero attached hydrogens (tertiary/aromatic N) is 1. The molecule has 1 nitrogen and oxygen atoms in total. The number of rotatable bonds is 1. The average molecular weight is 289 g/mol. The highest BCUT2D eigenvalue weighted by molar-refractivity contribution is 14.1. The fourth-order valence-corrected chi connectivity index (χ4v) is 3.97. The van der Waals surface area contributed by atoms with E-state index in [0.717, 1.165) is 23.8 Å². The van der Waals surface area contributed by atoms with E-state index in [1.807, 2.05) is 0 Å². The van der Waals surface area contributed by atoms with Crippen molar-refractivity contribution in [1.29, 1.82) is 0 Å². The van der Waals surface area contributed by atoms with Crippen LogP contribution in [0.1, 0.15) is 13.8 Å². The van der Waals surface area contributed by atoms with Crippen LogP contribution < -0.4 is 0 Å². The maximum absolute atomic E-state index is 2.48. The molecule has 0 radical (unpaired) electrons. The first kappa shape index (κ1) is 9.71. The van der Waals surface area contributed by atoms with Crippen molar-refractivity contribution in [2.75, 3.05) is 6.54 Å². The van der Waals surface area contributed by atoms with E-state index >= 15 is 0 Å². The van der Waals surface area contributed by atoms with E-state index in [4.69, 9.17) is 0 Å². The van der Waals surface area contributed by atoms with Gasteiger partial charge in [0.05, 0.1) is 0 Å². The van der Waals surface area contributed by atoms with E-state index in [-0.39, 0.29) is 0 Å². The lowest BCUT2D eigenvalue weighted by Gasteiger charge is -2.26. The van der Waals surface area contributed by atoms with Gasteiger partial charge in [-0.25, -0.2) is 3.11 Å². The molecule has 3 unspecified atom stereocenters. The summed E-state index contributed by atoms with van der Waals surface area (Å²) in [5, 5.41) is 0. The maximum Gasteiger partial charge on any atom is 0.0286 e. The Morgan fingerprint density at radius 1 is 1.31 bits per heavy atom. The van der Waals surface area contributed by atoms with Crippen molar-refractivity contribution in [2.24, 2.45) is 17.8 Å². The van der Waals surface area contributed by atoms with Gasteiger partial charge in [0.2, 0.25) is 0 Å². The van der Waals surface area contributed by atoms with E-state index in [1.165, 1.54) is 6.54 Å². The second-order valence-electron chi connectivity index (χ2n) is 4.33. The van der Waals surface area contributed by atoms with Gasteiger partial charge in [-0.1, -0.05) is 38.2 Å². The Morgan fingerprint density at radius 3 is 2.69 bits per heavy atom. The number of halogens is 1. The molecule has 0 aromatic rings. The largest absolute Gasteiger partial charge is 0.243 e. The first-order chi connectivity index (χ1) is 6.20. The third kappa shape index (κ3) is 1.71. The highest BCUT2D eigenvalue weighted by Crippen LogP contribution is 2.39. The van der Waals surface area contributed by atoms with Gasteiger partial charge in [0.25, 0.3) is 0 Å². The minimum absolute atomic E-state index is 0.729. The topological polar surface area (TPSA) is 3.24 Å². The van der Waals surface area contributed by atoms with Gasteiger partial charge in [0.15, 0.2) is 0 Å². The third-order valence-electron chi connectivity index (χ3n) is 3.08. The Kier molecular flexibility index (Phi) is 2.79. The number of fused-ring (bicyclic) bond motifs is 1. The van der Waals surface area contributed by atoms with Crippen molar-refractivity contribution in [1.82, 2.24) is 3.11 Å². The van der Waals surface area contributed by atoms with Crippen molar-refractivity contribution in [3.63, 3.8) is 0 Å². The summed E-state index contributed by atoms with van der Waals surface area (Å²) in [6.45, 7) is 5.87. The molecule has 13 heavy (non-hydrogen) atoms. The number of allylic oxidation sites excluding steroid dienone is 2. The van der Waals surface area contributed by atoms with Crippen LogP contribution in [-0.4, -0.2) is 15.7 Å². The molecule has 3 atom stereocenters. The van der Waals surface area contributed by atoms with Crippen molar-refractivity contribution in [3.8, 4) is 0 Å². The normalized spacial score (nSPS) is 38.6. The van der Waals surface area contributed by atoms with Crippen LogP contribution in [0.25, 0.3) is 0 Å². The summed E-state index contributed by atoms with van der Waals surface area (Å²) >= 11 is 2.48. The second kappa shape index (κ2) is 3.73. The zero-order valence-electron chi connectivity index (χ0n) is 8.15. The molecule has 0 saturated carbocycles. The highest BCUT2D eigenvalue weighted by atomic mass is 127. The summed E-state index contributed by atoms with van der Waals surface area (Å²) < 4.78 is 2.48. The molecule has 2 heteroatoms. The molecule has 1 fully saturated rings. The molecule has 0 amide bonds. The van der Waals surface area contributed by atoms with Gasteiger partial charge in [0.1, 0.15) is 0 Å². The second-order valence-corrected chi connectivity index (χ2v) is 5.57. The van der Waals surface area contributed by atoms with Crippen molar-refractivity contribution < 1.29 is 0 Å². The zero-order valence-corrected chi connectivity index (χ0v) is 10.3. The SMILES string of the molecule is CC(C)C1C2C=CC=CC2CN1I. The molecule has 1 aliphatic heterocycles. The lowest BCUT2D eigenvalue weighted by atomic mass is 9.83. The fraction of sp³-hybridized carbons (Fsp3) is 0.636. The van der Waals surface area contributed by atoms with E-state index < -0.39 is 0 Å². The molecular weight excluding hydrogens is 273 g/mol. The lowest BCUT2D eigenvalue weighted by molar-refractivity contribution is 0.322. The lowest BCUT2D eigenvalue weighted by Crippen LogP contribution is -2.30. The number of hydrogen-bond acceptors (Lipinski definition) is 1. The summed E-state index contributed by atoms with van der Waals surface area (Å²) in [7, 11) is 0. The van der Waals surface area contributed by atoms with Crippen LogP contribution in [0.3, 0.4) is 0 Å². The smallest absolute Gasteiger partial charge is 0.0286 e. The van der Waals surface area contributed by atoms with Gasteiger partial charge >= 0.3 is 0 Å². The van der Waals surface area contributed by atoms with Crippen LogP contribution in [0.2, 0.25) is 0 Å². The molecule has 0 aromatic carbocycles. The highest BCUT2D eigenvalue weighted by Gasteiger charge is 2.40. The minimum Gasteiger partial charge on any atom is -0.243 e. The van der Waals surface area contributed by atoms with Crippen molar-refractivity contribution in [2.45, 2.75) is 19.9 Å².